The monoisotopic (exact) mass is 486 g/mol. The van der Waals surface area contributed by atoms with Crippen molar-refractivity contribution in [3.8, 4) is 27.8 Å². The lowest BCUT2D eigenvalue weighted by atomic mass is 10.2. The number of aromatic nitrogens is 4. The molecule has 32 heavy (non-hydrogen) atoms. The highest BCUT2D eigenvalue weighted by atomic mass is 35.5. The molecule has 5 rings (SSSR count). The second-order valence-electron chi connectivity index (χ2n) is 7.16. The highest BCUT2D eigenvalue weighted by Gasteiger charge is 2.16. The fraction of sp³-hybridized carbons (Fsp3) is 0.227. The summed E-state index contributed by atoms with van der Waals surface area (Å²) in [6.07, 6.45) is 0. The summed E-state index contributed by atoms with van der Waals surface area (Å²) in [6.45, 7) is 2.54. The van der Waals surface area contributed by atoms with Crippen molar-refractivity contribution in [2.24, 2.45) is 7.05 Å². The lowest BCUT2D eigenvalue weighted by Gasteiger charge is -2.07. The molecule has 0 bridgehead atoms. The Kier molecular flexibility index (Phi) is 5.95. The van der Waals surface area contributed by atoms with Gasteiger partial charge in [-0.25, -0.2) is 4.98 Å². The molecule has 0 unspecified atom stereocenters. The van der Waals surface area contributed by atoms with E-state index in [1.54, 1.807) is 23.1 Å². The summed E-state index contributed by atoms with van der Waals surface area (Å²) < 4.78 is 18.6. The summed E-state index contributed by atoms with van der Waals surface area (Å²) in [6, 6.07) is 11.5. The van der Waals surface area contributed by atoms with Crippen molar-refractivity contribution in [2.75, 3.05) is 6.79 Å². The van der Waals surface area contributed by atoms with Crippen molar-refractivity contribution >= 4 is 34.7 Å². The molecule has 0 amide bonds. The van der Waals surface area contributed by atoms with Crippen LogP contribution in [0.15, 0.2) is 46.9 Å². The Labute approximate surface area is 198 Å². The molecular formula is C22H19ClN4O3S2. The maximum absolute atomic E-state index is 6.07. The topological polar surface area (TPSA) is 71.3 Å². The van der Waals surface area contributed by atoms with Gasteiger partial charge in [0.05, 0.1) is 5.69 Å². The summed E-state index contributed by atoms with van der Waals surface area (Å²) in [7, 11) is 1.94. The van der Waals surface area contributed by atoms with Crippen molar-refractivity contribution in [3.63, 3.8) is 0 Å². The SMILES string of the molecule is Cc1cc(OCc2nnc(SCc3csc(-c4ccc5c(c4)OCO5)n3)n2C)ccc1Cl. The Morgan fingerprint density at radius 3 is 2.91 bits per heavy atom. The number of thioether (sulfide) groups is 1. The van der Waals surface area contributed by atoms with Gasteiger partial charge in [0.25, 0.3) is 0 Å². The Morgan fingerprint density at radius 2 is 2.03 bits per heavy atom. The molecule has 2 aromatic heterocycles. The summed E-state index contributed by atoms with van der Waals surface area (Å²) in [5, 5.41) is 13.1. The molecular weight excluding hydrogens is 468 g/mol. The van der Waals surface area contributed by atoms with E-state index < -0.39 is 0 Å². The fourth-order valence-electron chi connectivity index (χ4n) is 3.13. The second-order valence-corrected chi connectivity index (χ2v) is 9.37. The standard InChI is InChI=1S/C22H19ClN4O3S2/c1-13-7-16(4-5-17(13)23)28-9-20-25-26-22(27(20)2)32-11-15-10-31-21(24-15)14-3-6-18-19(8-14)30-12-29-18/h3-8,10H,9,11-12H2,1-2H3. The molecule has 1 aliphatic heterocycles. The molecule has 0 saturated carbocycles. The van der Waals surface area contributed by atoms with E-state index in [0.717, 1.165) is 55.1 Å². The first-order valence-electron chi connectivity index (χ1n) is 9.81. The highest BCUT2D eigenvalue weighted by molar-refractivity contribution is 7.98. The van der Waals surface area contributed by atoms with Crippen LogP contribution in [0.25, 0.3) is 10.6 Å². The van der Waals surface area contributed by atoms with Gasteiger partial charge in [0.1, 0.15) is 17.4 Å². The zero-order chi connectivity index (χ0) is 22.1. The average molecular weight is 487 g/mol. The lowest BCUT2D eigenvalue weighted by molar-refractivity contribution is 0.174. The molecule has 0 fully saturated rings. The number of hydrogen-bond acceptors (Lipinski definition) is 8. The van der Waals surface area contributed by atoms with Gasteiger partial charge in [-0.2, -0.15) is 0 Å². The van der Waals surface area contributed by atoms with Crippen molar-refractivity contribution in [1.82, 2.24) is 19.7 Å². The predicted molar refractivity (Wildman–Crippen MR) is 125 cm³/mol. The number of benzene rings is 2. The van der Waals surface area contributed by atoms with Gasteiger partial charge in [-0.15, -0.1) is 21.5 Å². The second kappa shape index (κ2) is 9.01. The Hall–Kier alpha value is -2.75. The zero-order valence-corrected chi connectivity index (χ0v) is 19.8. The van der Waals surface area contributed by atoms with Gasteiger partial charge in [0, 0.05) is 28.8 Å². The molecule has 3 heterocycles. The molecule has 0 radical (unpaired) electrons. The summed E-state index contributed by atoms with van der Waals surface area (Å²) >= 11 is 9.27. The highest BCUT2D eigenvalue weighted by Crippen LogP contribution is 2.37. The van der Waals surface area contributed by atoms with Crippen LogP contribution < -0.4 is 14.2 Å². The van der Waals surface area contributed by atoms with Crippen molar-refractivity contribution in [1.29, 1.82) is 0 Å². The van der Waals surface area contributed by atoms with Crippen molar-refractivity contribution < 1.29 is 14.2 Å². The first kappa shape index (κ1) is 21.1. The van der Waals surface area contributed by atoms with Crippen LogP contribution in [0.3, 0.4) is 0 Å². The Morgan fingerprint density at radius 1 is 1.16 bits per heavy atom. The number of thiazole rings is 1. The molecule has 1 aliphatic rings. The minimum atomic E-state index is 0.266. The number of nitrogens with zero attached hydrogens (tertiary/aromatic N) is 4. The fourth-order valence-corrected chi connectivity index (χ4v) is 4.99. The van der Waals surface area contributed by atoms with E-state index in [0.29, 0.717) is 12.4 Å². The van der Waals surface area contributed by atoms with Gasteiger partial charge in [-0.1, -0.05) is 23.4 Å². The van der Waals surface area contributed by atoms with Gasteiger partial charge < -0.3 is 18.8 Å². The third-order valence-electron chi connectivity index (χ3n) is 4.94. The minimum Gasteiger partial charge on any atom is -0.486 e. The third-order valence-corrected chi connectivity index (χ3v) is 7.36. The molecule has 4 aromatic rings. The molecule has 0 aliphatic carbocycles. The molecule has 164 valence electrons. The molecule has 0 N–H and O–H groups in total. The molecule has 10 heteroatoms. The van der Waals surface area contributed by atoms with Crippen LogP contribution >= 0.6 is 34.7 Å². The number of aryl methyl sites for hydroxylation is 1. The Bertz CT molecular complexity index is 1270. The first-order chi connectivity index (χ1) is 15.6. The van der Waals surface area contributed by atoms with Gasteiger partial charge in [0.15, 0.2) is 22.5 Å². The number of rotatable bonds is 7. The maximum atomic E-state index is 6.07. The van der Waals surface area contributed by atoms with E-state index in [1.807, 2.05) is 54.9 Å². The number of fused-ring (bicyclic) bond motifs is 1. The summed E-state index contributed by atoms with van der Waals surface area (Å²) in [5.41, 5.74) is 2.98. The first-order valence-corrected chi connectivity index (χ1v) is 12.1. The van der Waals surface area contributed by atoms with Crippen LogP contribution in [0.1, 0.15) is 17.1 Å². The molecule has 0 saturated heterocycles. The van der Waals surface area contributed by atoms with Crippen molar-refractivity contribution in [3.05, 3.63) is 63.9 Å². The largest absolute Gasteiger partial charge is 0.486 e. The van der Waals surface area contributed by atoms with Crippen LogP contribution in [0.4, 0.5) is 0 Å². The maximum Gasteiger partial charge on any atom is 0.231 e. The average Bonchev–Trinajstić information content (AvgIpc) is 3.53. The number of halogens is 1. The lowest BCUT2D eigenvalue weighted by Crippen LogP contribution is -2.04. The molecule has 2 aromatic carbocycles. The minimum absolute atomic E-state index is 0.266. The molecule has 7 nitrogen and oxygen atoms in total. The molecule has 0 atom stereocenters. The number of ether oxygens (including phenoxy) is 3. The smallest absolute Gasteiger partial charge is 0.231 e. The van der Waals surface area contributed by atoms with Gasteiger partial charge in [0.2, 0.25) is 6.79 Å². The van der Waals surface area contributed by atoms with Gasteiger partial charge >= 0.3 is 0 Å². The number of hydrogen-bond donors (Lipinski definition) is 0. The summed E-state index contributed by atoms with van der Waals surface area (Å²) in [5.74, 6) is 3.73. The van der Waals surface area contributed by atoms with Crippen LogP contribution in [0.5, 0.6) is 17.2 Å². The normalized spacial score (nSPS) is 12.3. The quantitative estimate of drug-likeness (QED) is 0.319. The van der Waals surface area contributed by atoms with Crippen LogP contribution in [-0.4, -0.2) is 26.5 Å². The van der Waals surface area contributed by atoms with Crippen LogP contribution in [0.2, 0.25) is 5.02 Å². The zero-order valence-electron chi connectivity index (χ0n) is 17.4. The third kappa shape index (κ3) is 4.41. The van der Waals surface area contributed by atoms with E-state index in [9.17, 15) is 0 Å². The van der Waals surface area contributed by atoms with Crippen LogP contribution in [-0.2, 0) is 19.4 Å². The van der Waals surface area contributed by atoms with Gasteiger partial charge in [-0.05, 0) is 48.9 Å². The predicted octanol–water partition coefficient (Wildman–Crippen LogP) is 5.50. The van der Waals surface area contributed by atoms with Crippen molar-refractivity contribution in [2.45, 2.75) is 24.4 Å². The van der Waals surface area contributed by atoms with Gasteiger partial charge in [-0.3, -0.25) is 0 Å². The van der Waals surface area contributed by atoms with E-state index in [2.05, 4.69) is 15.6 Å². The van der Waals surface area contributed by atoms with Crippen LogP contribution in [0, 0.1) is 6.92 Å². The van der Waals surface area contributed by atoms with E-state index >= 15 is 0 Å². The molecule has 0 spiro atoms. The van der Waals surface area contributed by atoms with E-state index in [-0.39, 0.29) is 6.79 Å². The van der Waals surface area contributed by atoms with E-state index in [1.165, 1.54) is 0 Å². The summed E-state index contributed by atoms with van der Waals surface area (Å²) in [4.78, 5) is 4.76. The Balaban J connectivity index is 1.20. The van der Waals surface area contributed by atoms with E-state index in [4.69, 9.17) is 30.8 Å².